The van der Waals surface area contributed by atoms with Crippen LogP contribution in [0, 0.1) is 12.8 Å². The second kappa shape index (κ2) is 6.48. The molecule has 21 heavy (non-hydrogen) atoms. The van der Waals surface area contributed by atoms with Crippen molar-refractivity contribution in [3.63, 3.8) is 0 Å². The second-order valence-corrected chi connectivity index (χ2v) is 6.03. The van der Waals surface area contributed by atoms with Gasteiger partial charge in [-0.15, -0.1) is 0 Å². The van der Waals surface area contributed by atoms with E-state index in [1.165, 1.54) is 0 Å². The van der Waals surface area contributed by atoms with Crippen molar-refractivity contribution >= 4 is 29.1 Å². The van der Waals surface area contributed by atoms with Crippen LogP contribution in [0.5, 0.6) is 0 Å². The lowest BCUT2D eigenvalue weighted by molar-refractivity contribution is -0.126. The van der Waals surface area contributed by atoms with Crippen LogP contribution in [-0.4, -0.2) is 24.4 Å². The topological polar surface area (TPSA) is 49.4 Å². The number of amides is 2. The number of carbonyl (C=O) groups is 2. The monoisotopic (exact) mass is 308 g/mol. The van der Waals surface area contributed by atoms with Crippen LogP contribution in [0.4, 0.5) is 5.69 Å². The molecule has 0 aliphatic carbocycles. The number of hydrogen-bond acceptors (Lipinski definition) is 2. The number of aryl methyl sites for hydroxylation is 1. The summed E-state index contributed by atoms with van der Waals surface area (Å²) in [5.41, 5.74) is 1.72. The van der Waals surface area contributed by atoms with Gasteiger partial charge in [0, 0.05) is 13.0 Å². The van der Waals surface area contributed by atoms with E-state index in [9.17, 15) is 9.59 Å². The molecule has 1 fully saturated rings. The van der Waals surface area contributed by atoms with Crippen LogP contribution >= 0.6 is 11.6 Å². The Bertz CT molecular complexity index is 559. The van der Waals surface area contributed by atoms with Gasteiger partial charge in [0.2, 0.25) is 11.8 Å². The third-order valence-corrected chi connectivity index (χ3v) is 4.32. The molecule has 1 heterocycles. The predicted molar refractivity (Wildman–Crippen MR) is 84.5 cm³/mol. The zero-order chi connectivity index (χ0) is 15.6. The minimum Gasteiger partial charge on any atom is -0.344 e. The molecule has 5 heteroatoms. The molecule has 1 N–H and O–H groups in total. The summed E-state index contributed by atoms with van der Waals surface area (Å²) in [4.78, 5) is 26.3. The predicted octanol–water partition coefficient (Wildman–Crippen LogP) is 2.92. The highest BCUT2D eigenvalue weighted by atomic mass is 35.5. The number of halogens is 1. The molecule has 114 valence electrons. The van der Waals surface area contributed by atoms with Crippen LogP contribution in [0.25, 0.3) is 0 Å². The number of nitrogens with zero attached hydrogens (tertiary/aromatic N) is 1. The summed E-state index contributed by atoms with van der Waals surface area (Å²) in [6.07, 6.45) is 1.12. The fourth-order valence-electron chi connectivity index (χ4n) is 2.49. The molecule has 1 saturated heterocycles. The number of hydrogen-bond donors (Lipinski definition) is 1. The Hall–Kier alpha value is -1.55. The number of nitrogens with one attached hydrogen (secondary N) is 1. The van der Waals surface area contributed by atoms with Gasteiger partial charge in [-0.2, -0.15) is 0 Å². The van der Waals surface area contributed by atoms with Crippen LogP contribution in [-0.2, 0) is 9.59 Å². The molecule has 2 unspecified atom stereocenters. The quantitative estimate of drug-likeness (QED) is 0.933. The Labute approximate surface area is 130 Å². The zero-order valence-electron chi connectivity index (χ0n) is 12.6. The first-order valence-electron chi connectivity index (χ1n) is 7.31. The van der Waals surface area contributed by atoms with E-state index in [1.54, 1.807) is 4.90 Å². The molecule has 2 amide bonds. The summed E-state index contributed by atoms with van der Waals surface area (Å²) in [6, 6.07) is 5.12. The standard InChI is InChI=1S/C16H21ClN2O2/c1-4-11(3)15-16(21)19(8-7-14(20)18-15)13-6-5-10(2)9-12(13)17/h5-6,9,11,15H,4,7-8H2,1-3H3,(H,18,20). The van der Waals surface area contributed by atoms with Crippen molar-refractivity contribution in [1.82, 2.24) is 5.32 Å². The third kappa shape index (κ3) is 3.38. The number of anilines is 1. The molecule has 4 nitrogen and oxygen atoms in total. The fraction of sp³-hybridized carbons (Fsp3) is 0.500. The second-order valence-electron chi connectivity index (χ2n) is 5.63. The van der Waals surface area contributed by atoms with E-state index >= 15 is 0 Å². The Kier molecular flexibility index (Phi) is 4.88. The van der Waals surface area contributed by atoms with Crippen molar-refractivity contribution in [2.24, 2.45) is 5.92 Å². The van der Waals surface area contributed by atoms with E-state index < -0.39 is 6.04 Å². The van der Waals surface area contributed by atoms with Crippen LogP contribution in [0.1, 0.15) is 32.3 Å². The summed E-state index contributed by atoms with van der Waals surface area (Å²) in [7, 11) is 0. The molecule has 0 saturated carbocycles. The number of carbonyl (C=O) groups excluding carboxylic acids is 2. The Balaban J connectivity index is 2.37. The Morgan fingerprint density at radius 2 is 2.14 bits per heavy atom. The van der Waals surface area contributed by atoms with Gasteiger partial charge in [-0.1, -0.05) is 37.9 Å². The first kappa shape index (κ1) is 15.8. The van der Waals surface area contributed by atoms with E-state index in [0.29, 0.717) is 23.7 Å². The molecule has 0 radical (unpaired) electrons. The third-order valence-electron chi connectivity index (χ3n) is 4.02. The molecular formula is C16H21ClN2O2. The fourth-order valence-corrected chi connectivity index (χ4v) is 2.83. The average molecular weight is 309 g/mol. The van der Waals surface area contributed by atoms with E-state index in [2.05, 4.69) is 5.32 Å². The normalized spacial score (nSPS) is 21.0. The highest BCUT2D eigenvalue weighted by molar-refractivity contribution is 6.34. The zero-order valence-corrected chi connectivity index (χ0v) is 13.4. The van der Waals surface area contributed by atoms with Crippen molar-refractivity contribution in [2.75, 3.05) is 11.4 Å². The average Bonchev–Trinajstić information content (AvgIpc) is 2.59. The number of benzene rings is 1. The Morgan fingerprint density at radius 3 is 2.76 bits per heavy atom. The highest BCUT2D eigenvalue weighted by Crippen LogP contribution is 2.29. The minimum absolute atomic E-state index is 0.0825. The summed E-state index contributed by atoms with van der Waals surface area (Å²) in [5.74, 6) is -0.0772. The smallest absolute Gasteiger partial charge is 0.249 e. The lowest BCUT2D eigenvalue weighted by atomic mass is 9.98. The van der Waals surface area contributed by atoms with Crippen LogP contribution in [0.15, 0.2) is 18.2 Å². The van der Waals surface area contributed by atoms with Gasteiger partial charge in [-0.05, 0) is 30.5 Å². The van der Waals surface area contributed by atoms with Crippen molar-refractivity contribution in [3.05, 3.63) is 28.8 Å². The van der Waals surface area contributed by atoms with Gasteiger partial charge >= 0.3 is 0 Å². The van der Waals surface area contributed by atoms with Gasteiger partial charge in [0.1, 0.15) is 6.04 Å². The maximum absolute atomic E-state index is 12.8. The van der Waals surface area contributed by atoms with Gasteiger partial charge in [-0.25, -0.2) is 0 Å². The first-order chi connectivity index (χ1) is 9.93. The number of rotatable bonds is 3. The van der Waals surface area contributed by atoms with Gasteiger partial charge < -0.3 is 10.2 Å². The highest BCUT2D eigenvalue weighted by Gasteiger charge is 2.34. The molecule has 1 aliphatic rings. The molecule has 1 aromatic rings. The largest absolute Gasteiger partial charge is 0.344 e. The summed E-state index contributed by atoms with van der Waals surface area (Å²) < 4.78 is 0. The maximum Gasteiger partial charge on any atom is 0.249 e. The van der Waals surface area contributed by atoms with E-state index in [0.717, 1.165) is 12.0 Å². The summed E-state index contributed by atoms with van der Waals surface area (Å²) >= 11 is 6.28. The maximum atomic E-state index is 12.8. The van der Waals surface area contributed by atoms with Crippen LogP contribution in [0.2, 0.25) is 5.02 Å². The van der Waals surface area contributed by atoms with Gasteiger partial charge in [-0.3, -0.25) is 9.59 Å². The van der Waals surface area contributed by atoms with Crippen molar-refractivity contribution in [1.29, 1.82) is 0 Å². The molecule has 1 aliphatic heterocycles. The molecule has 0 aromatic heterocycles. The molecule has 1 aromatic carbocycles. The van der Waals surface area contributed by atoms with Gasteiger partial charge in [0.05, 0.1) is 10.7 Å². The lowest BCUT2D eigenvalue weighted by Crippen LogP contribution is -2.48. The summed E-state index contributed by atoms with van der Waals surface area (Å²) in [6.45, 7) is 6.30. The van der Waals surface area contributed by atoms with Crippen molar-refractivity contribution < 1.29 is 9.59 Å². The molecule has 2 rings (SSSR count). The first-order valence-corrected chi connectivity index (χ1v) is 7.68. The molecule has 0 spiro atoms. The lowest BCUT2D eigenvalue weighted by Gasteiger charge is -2.27. The minimum atomic E-state index is -0.484. The van der Waals surface area contributed by atoms with Crippen molar-refractivity contribution in [2.45, 2.75) is 39.7 Å². The van der Waals surface area contributed by atoms with Crippen molar-refractivity contribution in [3.8, 4) is 0 Å². The Morgan fingerprint density at radius 1 is 1.43 bits per heavy atom. The SMILES string of the molecule is CCC(C)C1NC(=O)CCN(c2ccc(C)cc2Cl)C1=O. The summed E-state index contributed by atoms with van der Waals surface area (Å²) in [5, 5.41) is 3.38. The molecular weight excluding hydrogens is 288 g/mol. The van der Waals surface area contributed by atoms with E-state index in [-0.39, 0.29) is 17.7 Å². The van der Waals surface area contributed by atoms with Crippen LogP contribution in [0.3, 0.4) is 0 Å². The van der Waals surface area contributed by atoms with E-state index in [1.807, 2.05) is 39.0 Å². The van der Waals surface area contributed by atoms with Gasteiger partial charge in [0.15, 0.2) is 0 Å². The van der Waals surface area contributed by atoms with Crippen LogP contribution < -0.4 is 10.2 Å². The molecule has 2 atom stereocenters. The molecule has 0 bridgehead atoms. The van der Waals surface area contributed by atoms with E-state index in [4.69, 9.17) is 11.6 Å². The van der Waals surface area contributed by atoms with Gasteiger partial charge in [0.25, 0.3) is 0 Å².